The van der Waals surface area contributed by atoms with Crippen molar-refractivity contribution in [2.45, 2.75) is 23.8 Å². The Morgan fingerprint density at radius 2 is 1.90 bits per heavy atom. The number of aromatic nitrogens is 1. The second kappa shape index (κ2) is 5.59. The maximum atomic E-state index is 12.8. The van der Waals surface area contributed by atoms with E-state index in [1.54, 1.807) is 30.3 Å². The molecule has 0 atom stereocenters. The monoisotopic (exact) mass is 307 g/mol. The van der Waals surface area contributed by atoms with E-state index in [-0.39, 0.29) is 10.9 Å². The van der Waals surface area contributed by atoms with Crippen molar-refractivity contribution in [2.24, 2.45) is 5.73 Å². The van der Waals surface area contributed by atoms with Crippen molar-refractivity contribution >= 4 is 10.0 Å². The zero-order chi connectivity index (χ0) is 14.9. The third-order valence-corrected chi connectivity index (χ3v) is 5.66. The SMILES string of the molecule is NC1CCN(S(=O)(=O)c2ccccc2-c2ccno2)CC1. The molecule has 0 aliphatic carbocycles. The van der Waals surface area contributed by atoms with Gasteiger partial charge in [0.2, 0.25) is 10.0 Å². The van der Waals surface area contributed by atoms with E-state index in [0.717, 1.165) is 0 Å². The van der Waals surface area contributed by atoms with Crippen molar-refractivity contribution in [3.63, 3.8) is 0 Å². The number of hydrogen-bond donors (Lipinski definition) is 1. The fraction of sp³-hybridized carbons (Fsp3) is 0.357. The highest BCUT2D eigenvalue weighted by Crippen LogP contribution is 2.30. The first-order valence-corrected chi connectivity index (χ1v) is 8.29. The van der Waals surface area contributed by atoms with Crippen LogP contribution < -0.4 is 5.73 Å². The first-order valence-electron chi connectivity index (χ1n) is 6.85. The Balaban J connectivity index is 2.00. The molecule has 7 heteroatoms. The van der Waals surface area contributed by atoms with Gasteiger partial charge < -0.3 is 10.3 Å². The molecule has 21 heavy (non-hydrogen) atoms. The molecule has 0 amide bonds. The third kappa shape index (κ3) is 2.72. The largest absolute Gasteiger partial charge is 0.356 e. The summed E-state index contributed by atoms with van der Waals surface area (Å²) < 4.78 is 32.3. The van der Waals surface area contributed by atoms with Crippen molar-refractivity contribution in [1.82, 2.24) is 9.46 Å². The number of nitrogens with zero attached hydrogens (tertiary/aromatic N) is 2. The van der Waals surface area contributed by atoms with Crippen LogP contribution >= 0.6 is 0 Å². The highest BCUT2D eigenvalue weighted by Gasteiger charge is 2.30. The molecule has 0 saturated carbocycles. The fourth-order valence-corrected chi connectivity index (χ4v) is 4.17. The standard InChI is InChI=1S/C14H17N3O3S/c15-11-6-9-17(10-7-11)21(18,19)14-4-2-1-3-12(14)13-5-8-16-20-13/h1-5,8,11H,6-7,9-10,15H2. The van der Waals surface area contributed by atoms with Gasteiger partial charge in [-0.25, -0.2) is 8.42 Å². The van der Waals surface area contributed by atoms with E-state index in [1.807, 2.05) is 0 Å². The van der Waals surface area contributed by atoms with E-state index < -0.39 is 10.0 Å². The molecule has 1 aromatic carbocycles. The van der Waals surface area contributed by atoms with E-state index >= 15 is 0 Å². The van der Waals surface area contributed by atoms with Crippen LogP contribution in [0.15, 0.2) is 45.9 Å². The van der Waals surface area contributed by atoms with E-state index in [1.165, 1.54) is 10.5 Å². The van der Waals surface area contributed by atoms with Gasteiger partial charge >= 0.3 is 0 Å². The molecule has 6 nitrogen and oxygen atoms in total. The van der Waals surface area contributed by atoms with Gasteiger partial charge in [-0.1, -0.05) is 17.3 Å². The molecule has 3 rings (SSSR count). The summed E-state index contributed by atoms with van der Waals surface area (Å²) >= 11 is 0. The van der Waals surface area contributed by atoms with Crippen molar-refractivity contribution in [3.05, 3.63) is 36.5 Å². The number of nitrogens with two attached hydrogens (primary N) is 1. The molecule has 2 aromatic rings. The lowest BCUT2D eigenvalue weighted by Gasteiger charge is -2.29. The minimum atomic E-state index is -3.55. The molecule has 0 spiro atoms. The molecule has 0 unspecified atom stereocenters. The van der Waals surface area contributed by atoms with Gasteiger partial charge in [0.1, 0.15) is 0 Å². The zero-order valence-corrected chi connectivity index (χ0v) is 12.3. The average molecular weight is 307 g/mol. The average Bonchev–Trinajstić information content (AvgIpc) is 3.02. The molecule has 2 N–H and O–H groups in total. The molecule has 1 saturated heterocycles. The minimum Gasteiger partial charge on any atom is -0.356 e. The van der Waals surface area contributed by atoms with Crippen LogP contribution in [0.3, 0.4) is 0 Å². The summed E-state index contributed by atoms with van der Waals surface area (Å²) in [6.45, 7) is 0.905. The normalized spacial score (nSPS) is 18.0. The number of rotatable bonds is 3. The van der Waals surface area contributed by atoms with Crippen LogP contribution in [0.25, 0.3) is 11.3 Å². The molecular formula is C14H17N3O3S. The summed E-state index contributed by atoms with van der Waals surface area (Å²) in [4.78, 5) is 0.247. The lowest BCUT2D eigenvalue weighted by atomic mass is 10.1. The van der Waals surface area contributed by atoms with Crippen molar-refractivity contribution in [2.75, 3.05) is 13.1 Å². The molecule has 112 valence electrons. The highest BCUT2D eigenvalue weighted by molar-refractivity contribution is 7.89. The van der Waals surface area contributed by atoms with Crippen LogP contribution in [-0.2, 0) is 10.0 Å². The molecule has 1 aromatic heterocycles. The highest BCUT2D eigenvalue weighted by atomic mass is 32.2. The molecule has 0 bridgehead atoms. The van der Waals surface area contributed by atoms with E-state index in [2.05, 4.69) is 5.16 Å². The number of hydrogen-bond acceptors (Lipinski definition) is 5. The van der Waals surface area contributed by atoms with E-state index in [4.69, 9.17) is 10.3 Å². The minimum absolute atomic E-state index is 0.0842. The van der Waals surface area contributed by atoms with Gasteiger partial charge in [0.05, 0.1) is 11.1 Å². The first kappa shape index (κ1) is 14.2. The van der Waals surface area contributed by atoms with Gasteiger partial charge in [-0.15, -0.1) is 0 Å². The summed E-state index contributed by atoms with van der Waals surface area (Å²) in [6.07, 6.45) is 2.87. The van der Waals surface area contributed by atoms with E-state index in [9.17, 15) is 8.42 Å². The predicted molar refractivity (Wildman–Crippen MR) is 77.9 cm³/mol. The first-order chi connectivity index (χ1) is 10.1. The number of piperidine rings is 1. The molecule has 0 radical (unpaired) electrons. The molecule has 1 fully saturated rings. The topological polar surface area (TPSA) is 89.4 Å². The summed E-state index contributed by atoms with van der Waals surface area (Å²) in [7, 11) is -3.55. The second-order valence-electron chi connectivity index (χ2n) is 5.11. The van der Waals surface area contributed by atoms with Crippen LogP contribution in [0.5, 0.6) is 0 Å². The molecule has 1 aliphatic heterocycles. The summed E-state index contributed by atoms with van der Waals surface area (Å²) in [5.41, 5.74) is 6.37. The Labute approximate surface area is 123 Å². The van der Waals surface area contributed by atoms with Gasteiger partial charge in [-0.3, -0.25) is 0 Å². The van der Waals surface area contributed by atoms with Gasteiger partial charge in [0, 0.05) is 30.8 Å². The van der Waals surface area contributed by atoms with Gasteiger partial charge in [0.25, 0.3) is 0 Å². The molecule has 2 heterocycles. The quantitative estimate of drug-likeness (QED) is 0.927. The van der Waals surface area contributed by atoms with Crippen LogP contribution in [0.2, 0.25) is 0 Å². The number of sulfonamides is 1. The molecule has 1 aliphatic rings. The summed E-state index contributed by atoms with van der Waals surface area (Å²) in [5, 5.41) is 3.64. The number of benzene rings is 1. The van der Waals surface area contributed by atoms with Gasteiger partial charge in [0.15, 0.2) is 5.76 Å². The summed E-state index contributed by atoms with van der Waals surface area (Å²) in [6, 6.07) is 8.55. The van der Waals surface area contributed by atoms with Gasteiger partial charge in [-0.2, -0.15) is 4.31 Å². The fourth-order valence-electron chi connectivity index (χ4n) is 2.51. The Bertz CT molecular complexity index is 705. The lowest BCUT2D eigenvalue weighted by molar-refractivity contribution is 0.320. The second-order valence-corrected chi connectivity index (χ2v) is 7.02. The van der Waals surface area contributed by atoms with Crippen LogP contribution in [-0.4, -0.2) is 37.0 Å². The van der Waals surface area contributed by atoms with Gasteiger partial charge in [-0.05, 0) is 25.0 Å². The van der Waals surface area contributed by atoms with Crippen molar-refractivity contribution in [3.8, 4) is 11.3 Å². The molecular weight excluding hydrogens is 290 g/mol. The lowest BCUT2D eigenvalue weighted by Crippen LogP contribution is -2.42. The van der Waals surface area contributed by atoms with Crippen LogP contribution in [0.1, 0.15) is 12.8 Å². The van der Waals surface area contributed by atoms with Crippen molar-refractivity contribution in [1.29, 1.82) is 0 Å². The Kier molecular flexibility index (Phi) is 3.79. The smallest absolute Gasteiger partial charge is 0.243 e. The van der Waals surface area contributed by atoms with Crippen LogP contribution in [0, 0.1) is 0 Å². The maximum Gasteiger partial charge on any atom is 0.243 e. The predicted octanol–water partition coefficient (Wildman–Crippen LogP) is 1.45. The van der Waals surface area contributed by atoms with Crippen molar-refractivity contribution < 1.29 is 12.9 Å². The summed E-state index contributed by atoms with van der Waals surface area (Å²) in [5.74, 6) is 0.447. The van der Waals surface area contributed by atoms with E-state index in [0.29, 0.717) is 37.3 Å². The zero-order valence-electron chi connectivity index (χ0n) is 11.5. The third-order valence-electron chi connectivity index (χ3n) is 3.71. The Morgan fingerprint density at radius 1 is 1.19 bits per heavy atom. The maximum absolute atomic E-state index is 12.8. The Hall–Kier alpha value is -1.70. The van der Waals surface area contributed by atoms with Crippen LogP contribution in [0.4, 0.5) is 0 Å². The Morgan fingerprint density at radius 3 is 2.57 bits per heavy atom.